The van der Waals surface area contributed by atoms with Crippen molar-refractivity contribution in [3.05, 3.63) is 36.0 Å². The van der Waals surface area contributed by atoms with Crippen LogP contribution in [0.25, 0.3) is 10.9 Å². The average molecular weight is 285 g/mol. The summed E-state index contributed by atoms with van der Waals surface area (Å²) in [5.74, 6) is 0.940. The molecule has 112 valence electrons. The van der Waals surface area contributed by atoms with E-state index >= 15 is 0 Å². The number of rotatable bonds is 7. The van der Waals surface area contributed by atoms with Crippen LogP contribution in [0.1, 0.15) is 18.5 Å². The van der Waals surface area contributed by atoms with Gasteiger partial charge in [-0.15, -0.1) is 0 Å². The van der Waals surface area contributed by atoms with Crippen molar-refractivity contribution >= 4 is 10.9 Å². The Kier molecular flexibility index (Phi) is 4.36. The predicted molar refractivity (Wildman–Crippen MR) is 85.7 cm³/mol. The Morgan fingerprint density at radius 1 is 1.33 bits per heavy atom. The Hall–Kier alpha value is -1.65. The van der Waals surface area contributed by atoms with Crippen molar-refractivity contribution in [3.8, 4) is 5.75 Å². The zero-order valence-electron chi connectivity index (χ0n) is 12.8. The van der Waals surface area contributed by atoms with Gasteiger partial charge >= 0.3 is 0 Å². The maximum atomic E-state index is 6.05. The normalized spacial score (nSPS) is 14.8. The largest absolute Gasteiger partial charge is 0.491 e. The lowest BCUT2D eigenvalue weighted by Crippen LogP contribution is -2.26. The monoisotopic (exact) mass is 285 g/mol. The Morgan fingerprint density at radius 3 is 2.90 bits per heavy atom. The van der Waals surface area contributed by atoms with Crippen LogP contribution in [0.5, 0.6) is 5.75 Å². The van der Waals surface area contributed by atoms with Crippen molar-refractivity contribution in [1.82, 2.24) is 15.2 Å². The minimum absolute atomic E-state index is 0.722. The second-order valence-electron chi connectivity index (χ2n) is 5.72. The molecule has 0 atom stereocenters. The van der Waals surface area contributed by atoms with Crippen LogP contribution in [-0.4, -0.2) is 43.2 Å². The first-order valence-electron chi connectivity index (χ1n) is 7.64. The molecule has 2 aromatic rings. The molecule has 0 spiro atoms. The van der Waals surface area contributed by atoms with Crippen LogP contribution >= 0.6 is 0 Å². The Balaban J connectivity index is 1.75. The van der Waals surface area contributed by atoms with E-state index in [0.717, 1.165) is 48.1 Å². The molecule has 1 aromatic heterocycles. The van der Waals surface area contributed by atoms with E-state index in [-0.39, 0.29) is 0 Å². The molecule has 1 N–H and O–H groups in total. The third kappa shape index (κ3) is 3.52. The van der Waals surface area contributed by atoms with Gasteiger partial charge in [0.2, 0.25) is 0 Å². The van der Waals surface area contributed by atoms with E-state index in [4.69, 9.17) is 4.74 Å². The van der Waals surface area contributed by atoms with Crippen molar-refractivity contribution in [1.29, 1.82) is 0 Å². The second-order valence-corrected chi connectivity index (χ2v) is 5.72. The third-order valence-corrected chi connectivity index (χ3v) is 3.96. The summed E-state index contributed by atoms with van der Waals surface area (Å²) < 4.78 is 6.05. The summed E-state index contributed by atoms with van der Waals surface area (Å²) in [7, 11) is 4.11. The minimum atomic E-state index is 0.722. The predicted octanol–water partition coefficient (Wildman–Crippen LogP) is 2.43. The van der Waals surface area contributed by atoms with Gasteiger partial charge in [0.1, 0.15) is 12.4 Å². The van der Waals surface area contributed by atoms with Crippen LogP contribution in [0.15, 0.2) is 30.3 Å². The van der Waals surface area contributed by atoms with Gasteiger partial charge in [-0.1, -0.05) is 12.1 Å². The molecule has 1 aliphatic rings. The molecular weight excluding hydrogens is 262 g/mol. The lowest BCUT2D eigenvalue weighted by Gasteiger charge is -2.17. The molecule has 4 nitrogen and oxygen atoms in total. The summed E-state index contributed by atoms with van der Waals surface area (Å²) in [5, 5.41) is 4.24. The molecule has 4 heteroatoms. The summed E-state index contributed by atoms with van der Waals surface area (Å²) in [6.07, 6.45) is 2.67. The van der Waals surface area contributed by atoms with Gasteiger partial charge < -0.3 is 15.0 Å². The smallest absolute Gasteiger partial charge is 0.130 e. The molecule has 1 aromatic carbocycles. The number of likely N-dealkylation sites (N-methyl/N-ethyl adjacent to an activating group) is 1. The number of nitrogens with one attached hydrogen (secondary N) is 1. The van der Waals surface area contributed by atoms with E-state index in [1.165, 1.54) is 12.8 Å². The highest BCUT2D eigenvalue weighted by molar-refractivity contribution is 5.85. The van der Waals surface area contributed by atoms with Crippen LogP contribution < -0.4 is 10.1 Å². The highest BCUT2D eigenvalue weighted by Gasteiger charge is 2.25. The van der Waals surface area contributed by atoms with E-state index in [9.17, 15) is 0 Å². The number of fused-ring (bicyclic) bond motifs is 1. The molecule has 0 amide bonds. The SMILES string of the molecule is CNCc1cc(OCCN(C)C2CC2)c2ccccc2n1. The minimum Gasteiger partial charge on any atom is -0.491 e. The van der Waals surface area contributed by atoms with E-state index in [2.05, 4.69) is 34.4 Å². The highest BCUT2D eigenvalue weighted by Crippen LogP contribution is 2.27. The Morgan fingerprint density at radius 2 is 2.14 bits per heavy atom. The van der Waals surface area contributed by atoms with Gasteiger partial charge in [-0.25, -0.2) is 0 Å². The lowest BCUT2D eigenvalue weighted by atomic mass is 10.2. The number of pyridine rings is 1. The Bertz CT molecular complexity index is 610. The second kappa shape index (κ2) is 6.41. The van der Waals surface area contributed by atoms with Crippen molar-refractivity contribution < 1.29 is 4.74 Å². The van der Waals surface area contributed by atoms with Crippen molar-refractivity contribution in [2.45, 2.75) is 25.4 Å². The third-order valence-electron chi connectivity index (χ3n) is 3.96. The maximum absolute atomic E-state index is 6.05. The van der Waals surface area contributed by atoms with Gasteiger partial charge in [0.15, 0.2) is 0 Å². The first-order chi connectivity index (χ1) is 10.3. The van der Waals surface area contributed by atoms with E-state index in [0.29, 0.717) is 0 Å². The summed E-state index contributed by atoms with van der Waals surface area (Å²) in [5.41, 5.74) is 2.01. The molecule has 0 bridgehead atoms. The quantitative estimate of drug-likeness (QED) is 0.848. The van der Waals surface area contributed by atoms with Crippen molar-refractivity contribution in [2.24, 2.45) is 0 Å². The molecule has 3 rings (SSSR count). The molecule has 1 aliphatic carbocycles. The summed E-state index contributed by atoms with van der Waals surface area (Å²) >= 11 is 0. The number of nitrogens with zero attached hydrogens (tertiary/aromatic N) is 2. The molecule has 0 saturated heterocycles. The summed E-state index contributed by atoms with van der Waals surface area (Å²) in [4.78, 5) is 7.04. The number of aromatic nitrogens is 1. The van der Waals surface area contributed by atoms with E-state index in [1.54, 1.807) is 0 Å². The van der Waals surface area contributed by atoms with Gasteiger partial charge in [0, 0.05) is 30.6 Å². The van der Waals surface area contributed by atoms with Crippen LogP contribution in [0.3, 0.4) is 0 Å². The maximum Gasteiger partial charge on any atom is 0.130 e. The standard InChI is InChI=1S/C17H23N3O/c1-18-12-13-11-17(15-5-3-4-6-16(15)19-13)21-10-9-20(2)14-7-8-14/h3-6,11,14,18H,7-10,12H2,1-2H3. The molecule has 21 heavy (non-hydrogen) atoms. The zero-order chi connectivity index (χ0) is 14.7. The van der Waals surface area contributed by atoms with Gasteiger partial charge in [0.25, 0.3) is 0 Å². The highest BCUT2D eigenvalue weighted by atomic mass is 16.5. The molecule has 1 fully saturated rings. The number of hydrogen-bond acceptors (Lipinski definition) is 4. The molecule has 0 unspecified atom stereocenters. The van der Waals surface area contributed by atoms with Crippen LogP contribution in [0.4, 0.5) is 0 Å². The zero-order valence-corrected chi connectivity index (χ0v) is 12.8. The first-order valence-corrected chi connectivity index (χ1v) is 7.64. The molecule has 1 saturated carbocycles. The van der Waals surface area contributed by atoms with Crippen molar-refractivity contribution in [3.63, 3.8) is 0 Å². The summed E-state index contributed by atoms with van der Waals surface area (Å²) in [6, 6.07) is 11.0. The number of para-hydroxylation sites is 1. The number of benzene rings is 1. The van der Waals surface area contributed by atoms with Crippen molar-refractivity contribution in [2.75, 3.05) is 27.2 Å². The Labute approximate surface area is 126 Å². The lowest BCUT2D eigenvalue weighted by molar-refractivity contribution is 0.233. The van der Waals surface area contributed by atoms with E-state index in [1.807, 2.05) is 25.2 Å². The molecular formula is C17H23N3O. The summed E-state index contributed by atoms with van der Waals surface area (Å²) in [6.45, 7) is 2.45. The molecule has 0 aliphatic heterocycles. The van der Waals surface area contributed by atoms with Crippen LogP contribution in [0, 0.1) is 0 Å². The topological polar surface area (TPSA) is 37.4 Å². The van der Waals surface area contributed by atoms with Crippen LogP contribution in [0.2, 0.25) is 0 Å². The first kappa shape index (κ1) is 14.3. The fourth-order valence-electron chi connectivity index (χ4n) is 2.58. The van der Waals surface area contributed by atoms with Gasteiger partial charge in [-0.3, -0.25) is 4.98 Å². The van der Waals surface area contributed by atoms with Gasteiger partial charge in [-0.2, -0.15) is 0 Å². The molecule has 0 radical (unpaired) electrons. The van der Waals surface area contributed by atoms with Gasteiger partial charge in [0.05, 0.1) is 11.2 Å². The fourth-order valence-corrected chi connectivity index (χ4v) is 2.58. The van der Waals surface area contributed by atoms with Gasteiger partial charge in [-0.05, 0) is 39.1 Å². The fraction of sp³-hybridized carbons (Fsp3) is 0.471. The van der Waals surface area contributed by atoms with Crippen LogP contribution in [-0.2, 0) is 6.54 Å². The van der Waals surface area contributed by atoms with E-state index < -0.39 is 0 Å². The molecule has 1 heterocycles. The number of hydrogen-bond donors (Lipinski definition) is 1. The number of ether oxygens (including phenoxy) is 1. The average Bonchev–Trinajstić information content (AvgIpc) is 3.32.